The van der Waals surface area contributed by atoms with Crippen LogP contribution in [0.3, 0.4) is 0 Å². The van der Waals surface area contributed by atoms with Gasteiger partial charge in [0.1, 0.15) is 0 Å². The first kappa shape index (κ1) is 15.6. The lowest BCUT2D eigenvalue weighted by atomic mass is 9.89. The Labute approximate surface area is 155 Å². The van der Waals surface area contributed by atoms with Crippen LogP contribution in [0.5, 0.6) is 0 Å². The second kappa shape index (κ2) is 5.98. The standard InChI is InChI=1S/C20H17N7/c1-12(2)15-8-7-13-5-3-4-6-16(13)18(15)14-9-21-20-17(10-22-27(20)11-14)19-23-25-26-24-19/h3-12H,1-2H3,(H,23,24,25,26). The normalized spacial score (nSPS) is 11.7. The van der Waals surface area contributed by atoms with E-state index in [-0.39, 0.29) is 0 Å². The first-order valence-corrected chi connectivity index (χ1v) is 8.82. The highest BCUT2D eigenvalue weighted by Gasteiger charge is 2.16. The van der Waals surface area contributed by atoms with Crippen LogP contribution in [0.2, 0.25) is 0 Å². The Kier molecular flexibility index (Phi) is 3.46. The number of fused-ring (bicyclic) bond motifs is 2. The van der Waals surface area contributed by atoms with Crippen LogP contribution in [0.1, 0.15) is 25.3 Å². The van der Waals surface area contributed by atoms with Gasteiger partial charge in [-0.05, 0) is 38.2 Å². The summed E-state index contributed by atoms with van der Waals surface area (Å²) in [7, 11) is 0. The van der Waals surface area contributed by atoms with Crippen molar-refractivity contribution in [3.63, 3.8) is 0 Å². The maximum Gasteiger partial charge on any atom is 0.184 e. The molecule has 5 rings (SSSR count). The van der Waals surface area contributed by atoms with Crippen molar-refractivity contribution in [1.29, 1.82) is 0 Å². The van der Waals surface area contributed by atoms with Gasteiger partial charge in [-0.1, -0.05) is 50.2 Å². The molecule has 3 heterocycles. The van der Waals surface area contributed by atoms with Crippen LogP contribution in [0.15, 0.2) is 55.0 Å². The number of nitrogens with one attached hydrogen (secondary N) is 1. The molecule has 7 heteroatoms. The van der Waals surface area contributed by atoms with Gasteiger partial charge in [-0.25, -0.2) is 14.6 Å². The van der Waals surface area contributed by atoms with Crippen LogP contribution in [0.4, 0.5) is 0 Å². The molecular weight excluding hydrogens is 338 g/mol. The van der Waals surface area contributed by atoms with Crippen molar-refractivity contribution in [2.24, 2.45) is 0 Å². The maximum atomic E-state index is 4.67. The number of aromatic nitrogens is 7. The average Bonchev–Trinajstić information content (AvgIpc) is 3.35. The van der Waals surface area contributed by atoms with Gasteiger partial charge in [-0.3, -0.25) is 0 Å². The minimum atomic E-state index is 0.397. The summed E-state index contributed by atoms with van der Waals surface area (Å²) in [4.78, 5) is 4.67. The molecule has 27 heavy (non-hydrogen) atoms. The first-order valence-electron chi connectivity index (χ1n) is 8.82. The lowest BCUT2D eigenvalue weighted by Gasteiger charge is -2.16. The summed E-state index contributed by atoms with van der Waals surface area (Å²) in [6, 6.07) is 12.8. The zero-order valence-electron chi connectivity index (χ0n) is 15.0. The van der Waals surface area contributed by atoms with Gasteiger partial charge in [0.2, 0.25) is 0 Å². The molecule has 3 aromatic heterocycles. The molecule has 2 aromatic carbocycles. The van der Waals surface area contributed by atoms with E-state index in [1.165, 1.54) is 21.9 Å². The molecule has 0 fully saturated rings. The van der Waals surface area contributed by atoms with Gasteiger partial charge in [-0.15, -0.1) is 5.10 Å². The summed E-state index contributed by atoms with van der Waals surface area (Å²) in [6.07, 6.45) is 5.64. The van der Waals surface area contributed by atoms with Gasteiger partial charge in [0.15, 0.2) is 11.5 Å². The first-order chi connectivity index (χ1) is 13.2. The van der Waals surface area contributed by atoms with Crippen LogP contribution < -0.4 is 0 Å². The third-order valence-electron chi connectivity index (χ3n) is 4.83. The SMILES string of the molecule is CC(C)c1ccc2ccccc2c1-c1cnc2c(-c3nnn[nH]3)cnn2c1. The molecular formula is C20H17N7. The second-order valence-corrected chi connectivity index (χ2v) is 6.82. The highest BCUT2D eigenvalue weighted by atomic mass is 15.5. The molecule has 0 aliphatic heterocycles. The van der Waals surface area contributed by atoms with E-state index in [0.717, 1.165) is 11.1 Å². The molecule has 7 nitrogen and oxygen atoms in total. The molecule has 5 aromatic rings. The fraction of sp³-hybridized carbons (Fsp3) is 0.150. The van der Waals surface area contributed by atoms with E-state index < -0.39 is 0 Å². The zero-order valence-corrected chi connectivity index (χ0v) is 15.0. The van der Waals surface area contributed by atoms with E-state index in [9.17, 15) is 0 Å². The molecule has 0 aliphatic rings. The van der Waals surface area contributed by atoms with Crippen LogP contribution in [-0.2, 0) is 0 Å². The van der Waals surface area contributed by atoms with E-state index in [1.54, 1.807) is 10.7 Å². The van der Waals surface area contributed by atoms with Crippen molar-refractivity contribution in [3.05, 3.63) is 60.6 Å². The summed E-state index contributed by atoms with van der Waals surface area (Å²) in [5.74, 6) is 0.951. The van der Waals surface area contributed by atoms with E-state index in [1.807, 2.05) is 12.4 Å². The van der Waals surface area contributed by atoms with E-state index in [4.69, 9.17) is 0 Å². The Bertz CT molecular complexity index is 1250. The van der Waals surface area contributed by atoms with E-state index in [2.05, 4.69) is 81.0 Å². The fourth-order valence-corrected chi connectivity index (χ4v) is 3.54. The Morgan fingerprint density at radius 3 is 2.74 bits per heavy atom. The highest BCUT2D eigenvalue weighted by molar-refractivity contribution is 5.98. The molecule has 0 radical (unpaired) electrons. The summed E-state index contributed by atoms with van der Waals surface area (Å²) in [5.41, 5.74) is 5.02. The fourth-order valence-electron chi connectivity index (χ4n) is 3.54. The van der Waals surface area contributed by atoms with Gasteiger partial charge < -0.3 is 0 Å². The van der Waals surface area contributed by atoms with Crippen molar-refractivity contribution >= 4 is 16.4 Å². The third kappa shape index (κ3) is 2.47. The summed E-state index contributed by atoms with van der Waals surface area (Å²) < 4.78 is 1.78. The Hall–Kier alpha value is -3.61. The summed E-state index contributed by atoms with van der Waals surface area (Å²) in [6.45, 7) is 4.42. The predicted molar refractivity (Wildman–Crippen MR) is 103 cm³/mol. The molecule has 1 N–H and O–H groups in total. The highest BCUT2D eigenvalue weighted by Crippen LogP contribution is 2.36. The number of rotatable bonds is 3. The van der Waals surface area contributed by atoms with E-state index in [0.29, 0.717) is 17.4 Å². The number of benzene rings is 2. The second-order valence-electron chi connectivity index (χ2n) is 6.82. The smallest absolute Gasteiger partial charge is 0.184 e. The lowest BCUT2D eigenvalue weighted by Crippen LogP contribution is -1.97. The van der Waals surface area contributed by atoms with Crippen LogP contribution in [-0.4, -0.2) is 35.2 Å². The number of hydrogen-bond acceptors (Lipinski definition) is 5. The molecule has 0 saturated carbocycles. The van der Waals surface area contributed by atoms with Crippen LogP contribution >= 0.6 is 0 Å². The Balaban J connectivity index is 1.75. The van der Waals surface area contributed by atoms with Crippen molar-refractivity contribution in [1.82, 2.24) is 35.2 Å². The van der Waals surface area contributed by atoms with Gasteiger partial charge in [0.25, 0.3) is 0 Å². The van der Waals surface area contributed by atoms with Crippen molar-refractivity contribution in [2.75, 3.05) is 0 Å². The maximum absolute atomic E-state index is 4.67. The molecule has 0 unspecified atom stereocenters. The molecule has 132 valence electrons. The van der Waals surface area contributed by atoms with Gasteiger partial charge in [-0.2, -0.15) is 5.10 Å². The largest absolute Gasteiger partial charge is 0.239 e. The minimum Gasteiger partial charge on any atom is -0.239 e. The number of nitrogens with zero attached hydrogens (tertiary/aromatic N) is 6. The minimum absolute atomic E-state index is 0.397. The summed E-state index contributed by atoms with van der Waals surface area (Å²) >= 11 is 0. The quantitative estimate of drug-likeness (QED) is 0.531. The monoisotopic (exact) mass is 355 g/mol. The van der Waals surface area contributed by atoms with Crippen molar-refractivity contribution < 1.29 is 0 Å². The molecule has 0 amide bonds. The van der Waals surface area contributed by atoms with Crippen molar-refractivity contribution in [2.45, 2.75) is 19.8 Å². The molecule has 0 atom stereocenters. The Morgan fingerprint density at radius 1 is 1.04 bits per heavy atom. The third-order valence-corrected chi connectivity index (χ3v) is 4.83. The van der Waals surface area contributed by atoms with Gasteiger partial charge >= 0.3 is 0 Å². The number of tetrazole rings is 1. The number of H-pyrrole nitrogens is 1. The molecule has 0 aliphatic carbocycles. The van der Waals surface area contributed by atoms with Crippen LogP contribution in [0, 0.1) is 0 Å². The number of aromatic amines is 1. The number of hydrogen-bond donors (Lipinski definition) is 1. The van der Waals surface area contributed by atoms with Gasteiger partial charge in [0, 0.05) is 18.0 Å². The average molecular weight is 355 g/mol. The topological polar surface area (TPSA) is 84.6 Å². The van der Waals surface area contributed by atoms with Crippen LogP contribution in [0.25, 0.3) is 38.9 Å². The Morgan fingerprint density at radius 2 is 1.93 bits per heavy atom. The zero-order chi connectivity index (χ0) is 18.4. The van der Waals surface area contributed by atoms with Crippen molar-refractivity contribution in [3.8, 4) is 22.5 Å². The molecule has 0 bridgehead atoms. The lowest BCUT2D eigenvalue weighted by molar-refractivity contribution is 0.869. The van der Waals surface area contributed by atoms with E-state index >= 15 is 0 Å². The molecule has 0 spiro atoms. The predicted octanol–water partition coefficient (Wildman–Crippen LogP) is 3.85. The van der Waals surface area contributed by atoms with Gasteiger partial charge in [0.05, 0.1) is 11.8 Å². The summed E-state index contributed by atoms with van der Waals surface area (Å²) in [5, 5.41) is 20.9. The molecule has 0 saturated heterocycles.